The Bertz CT molecular complexity index is 668. The summed E-state index contributed by atoms with van der Waals surface area (Å²) in [6, 6.07) is 23.2. The maximum absolute atomic E-state index is 5.19. The second-order valence-corrected chi connectivity index (χ2v) is 5.83. The lowest BCUT2D eigenvalue weighted by atomic mass is 10.1. The SMILES string of the molecule is COc1ccc(-c2ccc(Cc3ccccc3)s2)cc1. The van der Waals surface area contributed by atoms with Gasteiger partial charge in [-0.15, -0.1) is 11.3 Å². The van der Waals surface area contributed by atoms with Crippen molar-refractivity contribution < 1.29 is 4.74 Å². The Morgan fingerprint density at radius 3 is 2.30 bits per heavy atom. The fourth-order valence-electron chi connectivity index (χ4n) is 2.18. The monoisotopic (exact) mass is 280 g/mol. The minimum Gasteiger partial charge on any atom is -0.497 e. The zero-order valence-electron chi connectivity index (χ0n) is 11.4. The average molecular weight is 280 g/mol. The van der Waals surface area contributed by atoms with Gasteiger partial charge in [-0.2, -0.15) is 0 Å². The van der Waals surface area contributed by atoms with Crippen molar-refractivity contribution in [3.05, 3.63) is 77.2 Å². The highest BCUT2D eigenvalue weighted by Crippen LogP contribution is 2.30. The molecule has 0 amide bonds. The van der Waals surface area contributed by atoms with E-state index in [1.54, 1.807) is 7.11 Å². The first-order valence-electron chi connectivity index (χ1n) is 6.62. The van der Waals surface area contributed by atoms with E-state index >= 15 is 0 Å². The molecule has 0 saturated carbocycles. The molecule has 0 atom stereocenters. The lowest BCUT2D eigenvalue weighted by Gasteiger charge is -2.01. The number of thiophene rings is 1. The van der Waals surface area contributed by atoms with E-state index in [1.807, 2.05) is 23.5 Å². The summed E-state index contributed by atoms with van der Waals surface area (Å²) in [7, 11) is 1.69. The second kappa shape index (κ2) is 5.93. The molecule has 100 valence electrons. The third-order valence-electron chi connectivity index (χ3n) is 3.26. The molecule has 0 fully saturated rings. The summed E-state index contributed by atoms with van der Waals surface area (Å²) < 4.78 is 5.19. The smallest absolute Gasteiger partial charge is 0.118 e. The topological polar surface area (TPSA) is 9.23 Å². The number of hydrogen-bond donors (Lipinski definition) is 0. The van der Waals surface area contributed by atoms with Gasteiger partial charge in [-0.05, 0) is 47.5 Å². The molecule has 0 radical (unpaired) electrons. The van der Waals surface area contributed by atoms with Crippen molar-refractivity contribution in [2.24, 2.45) is 0 Å². The van der Waals surface area contributed by atoms with Gasteiger partial charge in [0.15, 0.2) is 0 Å². The summed E-state index contributed by atoms with van der Waals surface area (Å²) in [4.78, 5) is 2.70. The van der Waals surface area contributed by atoms with Gasteiger partial charge in [-0.1, -0.05) is 30.3 Å². The fourth-order valence-corrected chi connectivity index (χ4v) is 3.23. The Kier molecular flexibility index (Phi) is 3.84. The van der Waals surface area contributed by atoms with Gasteiger partial charge in [0.2, 0.25) is 0 Å². The molecule has 1 heterocycles. The standard InChI is InChI=1S/C18H16OS/c1-19-16-9-7-15(8-10-16)18-12-11-17(20-18)13-14-5-3-2-4-6-14/h2-12H,13H2,1H3. The van der Waals surface area contributed by atoms with E-state index in [0.29, 0.717) is 0 Å². The molecule has 2 heteroatoms. The third-order valence-corrected chi connectivity index (χ3v) is 4.39. The number of methoxy groups -OCH3 is 1. The molecule has 3 aromatic rings. The first-order valence-corrected chi connectivity index (χ1v) is 7.44. The largest absolute Gasteiger partial charge is 0.497 e. The van der Waals surface area contributed by atoms with Crippen LogP contribution in [-0.4, -0.2) is 7.11 Å². The molecule has 0 bridgehead atoms. The molecule has 0 N–H and O–H groups in total. The van der Waals surface area contributed by atoms with Crippen LogP contribution in [0.3, 0.4) is 0 Å². The summed E-state index contributed by atoms with van der Waals surface area (Å²) in [5.41, 5.74) is 2.60. The van der Waals surface area contributed by atoms with Crippen LogP contribution in [0.25, 0.3) is 10.4 Å². The molecule has 0 saturated heterocycles. The maximum Gasteiger partial charge on any atom is 0.118 e. The highest BCUT2D eigenvalue weighted by atomic mass is 32.1. The van der Waals surface area contributed by atoms with Crippen LogP contribution < -0.4 is 4.74 Å². The summed E-state index contributed by atoms with van der Waals surface area (Å²) in [5.74, 6) is 0.898. The van der Waals surface area contributed by atoms with Gasteiger partial charge in [0, 0.05) is 16.2 Å². The minimum absolute atomic E-state index is 0.898. The Morgan fingerprint density at radius 2 is 1.60 bits per heavy atom. The molecule has 1 nitrogen and oxygen atoms in total. The molecular weight excluding hydrogens is 264 g/mol. The summed E-state index contributed by atoms with van der Waals surface area (Å²) in [5, 5.41) is 0. The Labute approximate surface area is 123 Å². The molecule has 1 aromatic heterocycles. The summed E-state index contributed by atoms with van der Waals surface area (Å²) in [6.07, 6.45) is 1.00. The summed E-state index contributed by atoms with van der Waals surface area (Å²) >= 11 is 1.85. The van der Waals surface area contributed by atoms with E-state index < -0.39 is 0 Å². The van der Waals surface area contributed by atoms with Crippen LogP contribution in [0.2, 0.25) is 0 Å². The third kappa shape index (κ3) is 2.91. The number of hydrogen-bond acceptors (Lipinski definition) is 2. The Hall–Kier alpha value is -2.06. The molecule has 3 rings (SSSR count). The molecule has 0 aliphatic carbocycles. The maximum atomic E-state index is 5.19. The highest BCUT2D eigenvalue weighted by molar-refractivity contribution is 7.15. The van der Waals surface area contributed by atoms with Crippen molar-refractivity contribution in [1.82, 2.24) is 0 Å². The molecule has 20 heavy (non-hydrogen) atoms. The quantitative estimate of drug-likeness (QED) is 0.652. The summed E-state index contributed by atoms with van der Waals surface area (Å²) in [6.45, 7) is 0. The van der Waals surface area contributed by atoms with Crippen molar-refractivity contribution in [1.29, 1.82) is 0 Å². The zero-order valence-corrected chi connectivity index (χ0v) is 12.2. The molecule has 2 aromatic carbocycles. The van der Waals surface area contributed by atoms with Gasteiger partial charge in [0.25, 0.3) is 0 Å². The van der Waals surface area contributed by atoms with Crippen molar-refractivity contribution >= 4 is 11.3 Å². The van der Waals surface area contributed by atoms with E-state index in [2.05, 4.69) is 54.6 Å². The van der Waals surface area contributed by atoms with E-state index in [-0.39, 0.29) is 0 Å². The number of benzene rings is 2. The van der Waals surface area contributed by atoms with Crippen LogP contribution in [0.1, 0.15) is 10.4 Å². The molecular formula is C18H16OS. The van der Waals surface area contributed by atoms with Crippen LogP contribution in [0.4, 0.5) is 0 Å². The number of ether oxygens (including phenoxy) is 1. The average Bonchev–Trinajstić information content (AvgIpc) is 2.97. The fraction of sp³-hybridized carbons (Fsp3) is 0.111. The van der Waals surface area contributed by atoms with Gasteiger partial charge in [-0.25, -0.2) is 0 Å². The van der Waals surface area contributed by atoms with Gasteiger partial charge in [-0.3, -0.25) is 0 Å². The lowest BCUT2D eigenvalue weighted by Crippen LogP contribution is -1.82. The van der Waals surface area contributed by atoms with Crippen molar-refractivity contribution in [3.8, 4) is 16.2 Å². The van der Waals surface area contributed by atoms with E-state index in [1.165, 1.54) is 20.9 Å². The normalized spacial score (nSPS) is 10.4. The first kappa shape index (κ1) is 12.9. The van der Waals surface area contributed by atoms with Crippen LogP contribution in [0, 0.1) is 0 Å². The van der Waals surface area contributed by atoms with Crippen LogP contribution in [-0.2, 0) is 6.42 Å². The van der Waals surface area contributed by atoms with Crippen molar-refractivity contribution in [2.75, 3.05) is 7.11 Å². The molecule has 0 aliphatic heterocycles. The molecule has 0 unspecified atom stereocenters. The predicted molar refractivity (Wildman–Crippen MR) is 85.6 cm³/mol. The zero-order chi connectivity index (χ0) is 13.8. The van der Waals surface area contributed by atoms with E-state index in [4.69, 9.17) is 4.74 Å². The first-order chi connectivity index (χ1) is 9.85. The van der Waals surface area contributed by atoms with Crippen molar-refractivity contribution in [2.45, 2.75) is 6.42 Å². The Morgan fingerprint density at radius 1 is 0.850 bits per heavy atom. The second-order valence-electron chi connectivity index (χ2n) is 4.66. The van der Waals surface area contributed by atoms with E-state index in [9.17, 15) is 0 Å². The van der Waals surface area contributed by atoms with Gasteiger partial charge in [0.1, 0.15) is 5.75 Å². The lowest BCUT2D eigenvalue weighted by molar-refractivity contribution is 0.415. The van der Waals surface area contributed by atoms with Gasteiger partial charge in [0.05, 0.1) is 7.11 Å². The molecule has 0 spiro atoms. The number of rotatable bonds is 4. The van der Waals surface area contributed by atoms with Crippen LogP contribution in [0.15, 0.2) is 66.7 Å². The van der Waals surface area contributed by atoms with Crippen LogP contribution in [0.5, 0.6) is 5.75 Å². The predicted octanol–water partition coefficient (Wildman–Crippen LogP) is 5.01. The van der Waals surface area contributed by atoms with Crippen LogP contribution >= 0.6 is 11.3 Å². The Balaban J connectivity index is 1.79. The van der Waals surface area contributed by atoms with Gasteiger partial charge >= 0.3 is 0 Å². The minimum atomic E-state index is 0.898. The highest BCUT2D eigenvalue weighted by Gasteiger charge is 2.04. The van der Waals surface area contributed by atoms with Gasteiger partial charge < -0.3 is 4.74 Å². The van der Waals surface area contributed by atoms with E-state index in [0.717, 1.165) is 12.2 Å². The molecule has 0 aliphatic rings. The van der Waals surface area contributed by atoms with Crippen molar-refractivity contribution in [3.63, 3.8) is 0 Å².